The van der Waals surface area contributed by atoms with E-state index in [-0.39, 0.29) is 18.7 Å². The zero-order valence-electron chi connectivity index (χ0n) is 17.8. The third kappa shape index (κ3) is 6.61. The SMILES string of the molecule is CO[C@H]1O[C@H](CS(=O)(=O)CCC(C)(C)N(Cc2ccccc2)C(=O)O)[C@@H](O)[C@H](O)[C@H]1O. The maximum absolute atomic E-state index is 12.7. The average Bonchev–Trinajstić information content (AvgIpc) is 2.71. The number of rotatable bonds is 9. The molecule has 1 amide bonds. The number of hydrogen-bond donors (Lipinski definition) is 4. The molecule has 1 heterocycles. The summed E-state index contributed by atoms with van der Waals surface area (Å²) in [6, 6.07) is 8.98. The van der Waals surface area contributed by atoms with Gasteiger partial charge in [0.05, 0.1) is 11.5 Å². The molecule has 0 aromatic heterocycles. The molecule has 1 saturated heterocycles. The molecule has 176 valence electrons. The van der Waals surface area contributed by atoms with Gasteiger partial charge < -0.3 is 29.9 Å². The van der Waals surface area contributed by atoms with E-state index >= 15 is 0 Å². The van der Waals surface area contributed by atoms with E-state index in [1.807, 2.05) is 6.07 Å². The Morgan fingerprint density at radius 1 is 1.13 bits per heavy atom. The molecular formula is C20H31NO9S. The van der Waals surface area contributed by atoms with Crippen LogP contribution in [0.3, 0.4) is 0 Å². The number of carboxylic acid groups (broad SMARTS) is 1. The minimum absolute atomic E-state index is 0.0101. The van der Waals surface area contributed by atoms with E-state index in [1.165, 1.54) is 12.0 Å². The summed E-state index contributed by atoms with van der Waals surface area (Å²) in [6.45, 7) is 3.40. The van der Waals surface area contributed by atoms with Gasteiger partial charge in [-0.2, -0.15) is 0 Å². The molecule has 0 aliphatic carbocycles. The number of hydrogen-bond acceptors (Lipinski definition) is 8. The Bertz CT molecular complexity index is 828. The summed E-state index contributed by atoms with van der Waals surface area (Å²) >= 11 is 0. The standard InChI is InChI=1S/C20H31NO9S/c1-20(2,21(19(25)26)11-13-7-5-4-6-8-13)9-10-31(27,28)12-14-15(22)16(23)17(24)18(29-3)30-14/h4-8,14-18,22-24H,9-12H2,1-3H3,(H,25,26)/t14-,15-,16+,17-,18+/m1/s1. The molecule has 0 saturated carbocycles. The molecule has 10 nitrogen and oxygen atoms in total. The van der Waals surface area contributed by atoms with Crippen LogP contribution in [0.15, 0.2) is 30.3 Å². The Kier molecular flexibility index (Phi) is 8.42. The van der Waals surface area contributed by atoms with Crippen molar-refractivity contribution in [2.24, 2.45) is 0 Å². The summed E-state index contributed by atoms with van der Waals surface area (Å²) in [6.07, 6.45) is -8.48. The van der Waals surface area contributed by atoms with E-state index in [2.05, 4.69) is 0 Å². The van der Waals surface area contributed by atoms with Gasteiger partial charge >= 0.3 is 6.09 Å². The molecule has 1 aromatic rings. The molecule has 1 aromatic carbocycles. The molecule has 11 heteroatoms. The van der Waals surface area contributed by atoms with Gasteiger partial charge in [0.15, 0.2) is 16.1 Å². The van der Waals surface area contributed by atoms with Crippen LogP contribution in [-0.2, 0) is 25.9 Å². The van der Waals surface area contributed by atoms with Crippen LogP contribution in [0.4, 0.5) is 4.79 Å². The van der Waals surface area contributed by atoms with E-state index in [1.54, 1.807) is 38.1 Å². The molecule has 0 unspecified atom stereocenters. The van der Waals surface area contributed by atoms with E-state index in [0.29, 0.717) is 0 Å². The van der Waals surface area contributed by atoms with Crippen molar-refractivity contribution in [3.8, 4) is 0 Å². The molecule has 1 aliphatic heterocycles. The van der Waals surface area contributed by atoms with Gasteiger partial charge in [-0.1, -0.05) is 30.3 Å². The van der Waals surface area contributed by atoms with Crippen molar-refractivity contribution in [3.63, 3.8) is 0 Å². The molecule has 1 aliphatic rings. The third-order valence-electron chi connectivity index (χ3n) is 5.49. The van der Waals surface area contributed by atoms with Crippen molar-refractivity contribution in [1.29, 1.82) is 0 Å². The number of sulfone groups is 1. The highest BCUT2D eigenvalue weighted by molar-refractivity contribution is 7.91. The number of nitrogens with zero attached hydrogens (tertiary/aromatic N) is 1. The summed E-state index contributed by atoms with van der Waals surface area (Å²) in [5.41, 5.74) is -0.219. The van der Waals surface area contributed by atoms with Gasteiger partial charge in [0.25, 0.3) is 0 Å². The fourth-order valence-corrected chi connectivity index (χ4v) is 5.18. The van der Waals surface area contributed by atoms with Crippen LogP contribution >= 0.6 is 0 Å². The van der Waals surface area contributed by atoms with Crippen molar-refractivity contribution in [3.05, 3.63) is 35.9 Å². The molecule has 4 N–H and O–H groups in total. The number of carbonyl (C=O) groups is 1. The number of methoxy groups -OCH3 is 1. The summed E-state index contributed by atoms with van der Waals surface area (Å²) in [5.74, 6) is -0.971. The zero-order valence-corrected chi connectivity index (χ0v) is 18.6. The lowest BCUT2D eigenvalue weighted by molar-refractivity contribution is -0.285. The van der Waals surface area contributed by atoms with Crippen LogP contribution in [0.2, 0.25) is 0 Å². The Morgan fingerprint density at radius 2 is 1.74 bits per heavy atom. The van der Waals surface area contributed by atoms with Crippen molar-refractivity contribution in [2.75, 3.05) is 18.6 Å². The summed E-state index contributed by atoms with van der Waals surface area (Å²) < 4.78 is 35.5. The lowest BCUT2D eigenvalue weighted by Gasteiger charge is -2.40. The Hall–Kier alpha value is -1.76. The first kappa shape index (κ1) is 25.5. The Morgan fingerprint density at radius 3 is 2.29 bits per heavy atom. The fourth-order valence-electron chi connectivity index (χ4n) is 3.43. The number of amides is 1. The van der Waals surface area contributed by atoms with Crippen LogP contribution in [0.1, 0.15) is 25.8 Å². The topological polar surface area (TPSA) is 154 Å². The Balaban J connectivity index is 2.05. The monoisotopic (exact) mass is 461 g/mol. The van der Waals surface area contributed by atoms with Crippen LogP contribution < -0.4 is 0 Å². The highest BCUT2D eigenvalue weighted by Crippen LogP contribution is 2.26. The second kappa shape index (κ2) is 10.2. The summed E-state index contributed by atoms with van der Waals surface area (Å²) in [7, 11) is -2.58. The number of aliphatic hydroxyl groups is 3. The number of ether oxygens (including phenoxy) is 2. The normalized spacial score (nSPS) is 27.1. The van der Waals surface area contributed by atoms with Crippen molar-refractivity contribution >= 4 is 15.9 Å². The molecular weight excluding hydrogens is 430 g/mol. The van der Waals surface area contributed by atoms with E-state index < -0.39 is 57.9 Å². The molecule has 0 spiro atoms. The van der Waals surface area contributed by atoms with Crippen LogP contribution in [0, 0.1) is 0 Å². The first-order valence-corrected chi connectivity index (χ1v) is 11.7. The molecule has 5 atom stereocenters. The molecule has 1 fully saturated rings. The molecule has 0 radical (unpaired) electrons. The summed E-state index contributed by atoms with van der Waals surface area (Å²) in [4.78, 5) is 13.0. The van der Waals surface area contributed by atoms with E-state index in [4.69, 9.17) is 9.47 Å². The van der Waals surface area contributed by atoms with E-state index in [9.17, 15) is 33.6 Å². The van der Waals surface area contributed by atoms with Gasteiger partial charge in [-0.3, -0.25) is 4.90 Å². The smallest absolute Gasteiger partial charge is 0.408 e. The maximum Gasteiger partial charge on any atom is 0.408 e. The lowest BCUT2D eigenvalue weighted by atomic mass is 9.98. The zero-order chi connectivity index (χ0) is 23.4. The Labute approximate surface area is 181 Å². The number of benzene rings is 1. The van der Waals surface area contributed by atoms with E-state index in [0.717, 1.165) is 5.56 Å². The van der Waals surface area contributed by atoms with Crippen LogP contribution in [0.25, 0.3) is 0 Å². The minimum atomic E-state index is -3.80. The average molecular weight is 462 g/mol. The van der Waals surface area contributed by atoms with Gasteiger partial charge in [-0.05, 0) is 25.8 Å². The third-order valence-corrected chi connectivity index (χ3v) is 7.15. The first-order chi connectivity index (χ1) is 14.4. The van der Waals surface area contributed by atoms with Crippen molar-refractivity contribution in [1.82, 2.24) is 4.90 Å². The van der Waals surface area contributed by atoms with Gasteiger partial charge in [0.1, 0.15) is 24.4 Å². The van der Waals surface area contributed by atoms with Crippen LogP contribution in [-0.4, -0.2) is 94.7 Å². The highest BCUT2D eigenvalue weighted by Gasteiger charge is 2.45. The number of aliphatic hydroxyl groups excluding tert-OH is 3. The maximum atomic E-state index is 12.7. The van der Waals surface area contributed by atoms with Gasteiger partial charge in [-0.15, -0.1) is 0 Å². The largest absolute Gasteiger partial charge is 0.465 e. The predicted molar refractivity (Wildman–Crippen MR) is 111 cm³/mol. The minimum Gasteiger partial charge on any atom is -0.465 e. The van der Waals surface area contributed by atoms with Gasteiger partial charge in [0, 0.05) is 19.2 Å². The van der Waals surface area contributed by atoms with Crippen molar-refractivity contribution < 1.29 is 43.1 Å². The van der Waals surface area contributed by atoms with Crippen molar-refractivity contribution in [2.45, 2.75) is 63.1 Å². The predicted octanol–water partition coefficient (Wildman–Crippen LogP) is 0.204. The van der Waals surface area contributed by atoms with Crippen LogP contribution in [0.5, 0.6) is 0 Å². The second-order valence-corrected chi connectivity index (χ2v) is 10.5. The first-order valence-electron chi connectivity index (χ1n) is 9.85. The molecule has 2 rings (SSSR count). The molecule has 31 heavy (non-hydrogen) atoms. The second-order valence-electron chi connectivity index (χ2n) is 8.28. The lowest BCUT2D eigenvalue weighted by Crippen LogP contribution is -2.59. The van der Waals surface area contributed by atoms with Gasteiger partial charge in [-0.25, -0.2) is 13.2 Å². The highest BCUT2D eigenvalue weighted by atomic mass is 32.2. The molecule has 0 bridgehead atoms. The quantitative estimate of drug-likeness (QED) is 0.404. The van der Waals surface area contributed by atoms with Gasteiger partial charge in [0.2, 0.25) is 0 Å². The fraction of sp³-hybridized carbons (Fsp3) is 0.650. The summed E-state index contributed by atoms with van der Waals surface area (Å²) in [5, 5.41) is 39.5.